The molecule has 2 heterocycles. The Morgan fingerprint density at radius 1 is 1.00 bits per heavy atom. The molecular formula is C27H37N3O2. The van der Waals surface area contributed by atoms with E-state index < -0.39 is 0 Å². The number of rotatable bonds is 8. The Kier molecular flexibility index (Phi) is 8.18. The van der Waals surface area contributed by atoms with E-state index in [-0.39, 0.29) is 12.0 Å². The molecule has 0 bridgehead atoms. The maximum atomic E-state index is 12.5. The van der Waals surface area contributed by atoms with Crippen LogP contribution < -0.4 is 10.1 Å². The van der Waals surface area contributed by atoms with Crippen LogP contribution in [0.2, 0.25) is 0 Å². The van der Waals surface area contributed by atoms with E-state index >= 15 is 0 Å². The van der Waals surface area contributed by atoms with Gasteiger partial charge in [0.2, 0.25) is 0 Å². The second-order valence-electron chi connectivity index (χ2n) is 9.40. The molecule has 0 aromatic heterocycles. The summed E-state index contributed by atoms with van der Waals surface area (Å²) in [6, 6.07) is 18.3. The third-order valence-electron chi connectivity index (χ3n) is 6.79. The molecular weight excluding hydrogens is 398 g/mol. The number of nitrogens with zero attached hydrogens (tertiary/aromatic N) is 2. The lowest BCUT2D eigenvalue weighted by Crippen LogP contribution is -2.39. The van der Waals surface area contributed by atoms with Gasteiger partial charge in [-0.15, -0.1) is 0 Å². The molecule has 5 heteroatoms. The Bertz CT molecular complexity index is 832. The topological polar surface area (TPSA) is 44.8 Å². The molecule has 32 heavy (non-hydrogen) atoms. The molecule has 1 N–H and O–H groups in total. The molecule has 2 aliphatic rings. The van der Waals surface area contributed by atoms with Gasteiger partial charge in [-0.3, -0.25) is 4.79 Å². The van der Waals surface area contributed by atoms with E-state index in [4.69, 9.17) is 4.74 Å². The summed E-state index contributed by atoms with van der Waals surface area (Å²) in [6.45, 7) is 6.25. The van der Waals surface area contributed by atoms with E-state index in [1.165, 1.54) is 24.9 Å². The summed E-state index contributed by atoms with van der Waals surface area (Å²) in [6.07, 6.45) is 5.87. The highest BCUT2D eigenvalue weighted by Gasteiger charge is 2.21. The van der Waals surface area contributed by atoms with E-state index in [2.05, 4.69) is 52.5 Å². The van der Waals surface area contributed by atoms with Crippen molar-refractivity contribution in [3.63, 3.8) is 0 Å². The molecule has 1 amide bonds. The first-order valence-corrected chi connectivity index (χ1v) is 12.2. The first-order valence-electron chi connectivity index (χ1n) is 12.2. The van der Waals surface area contributed by atoms with Gasteiger partial charge in [-0.05, 0) is 81.4 Å². The first kappa shape index (κ1) is 22.8. The standard InChI is InChI=1S/C27H37N3O2/c1-29-16-5-8-23(21-29)20-28-27(31)24-9-11-25(12-10-24)32-26-14-18-30(19-15-26)17-13-22-6-3-2-4-7-22/h2-4,6-7,9-12,23,26H,5,8,13-21H2,1H3,(H,28,31). The van der Waals surface area contributed by atoms with E-state index in [0.29, 0.717) is 11.5 Å². The summed E-state index contributed by atoms with van der Waals surface area (Å²) in [5, 5.41) is 3.11. The second kappa shape index (κ2) is 11.5. The van der Waals surface area contributed by atoms with Gasteiger partial charge in [0, 0.05) is 38.3 Å². The van der Waals surface area contributed by atoms with Crippen LogP contribution in [0.15, 0.2) is 54.6 Å². The Hall–Kier alpha value is -2.37. The average Bonchev–Trinajstić information content (AvgIpc) is 2.83. The van der Waals surface area contributed by atoms with Gasteiger partial charge in [0.05, 0.1) is 0 Å². The molecule has 2 aromatic rings. The summed E-state index contributed by atoms with van der Waals surface area (Å²) in [5.41, 5.74) is 2.11. The fourth-order valence-corrected chi connectivity index (χ4v) is 4.84. The number of ether oxygens (including phenoxy) is 1. The molecule has 172 valence electrons. The van der Waals surface area contributed by atoms with Crippen LogP contribution in [0.1, 0.15) is 41.6 Å². The Labute approximate surface area is 192 Å². The molecule has 0 spiro atoms. The fraction of sp³-hybridized carbons (Fsp3) is 0.519. The third-order valence-corrected chi connectivity index (χ3v) is 6.79. The summed E-state index contributed by atoms with van der Waals surface area (Å²) in [5.74, 6) is 1.42. The molecule has 0 saturated carbocycles. The van der Waals surface area contributed by atoms with Crippen molar-refractivity contribution < 1.29 is 9.53 Å². The van der Waals surface area contributed by atoms with Crippen LogP contribution in [0.25, 0.3) is 0 Å². The molecule has 2 saturated heterocycles. The van der Waals surface area contributed by atoms with Crippen LogP contribution in [0.4, 0.5) is 0 Å². The smallest absolute Gasteiger partial charge is 0.251 e. The molecule has 5 nitrogen and oxygen atoms in total. The highest BCUT2D eigenvalue weighted by molar-refractivity contribution is 5.94. The lowest BCUT2D eigenvalue weighted by atomic mass is 9.98. The quantitative estimate of drug-likeness (QED) is 0.684. The highest BCUT2D eigenvalue weighted by atomic mass is 16.5. The number of carbonyl (C=O) groups excluding carboxylic acids is 1. The zero-order valence-electron chi connectivity index (χ0n) is 19.3. The van der Waals surface area contributed by atoms with Crippen LogP contribution in [0, 0.1) is 5.92 Å². The maximum absolute atomic E-state index is 12.5. The Morgan fingerprint density at radius 3 is 2.47 bits per heavy atom. The van der Waals surface area contributed by atoms with Crippen LogP contribution in [0.3, 0.4) is 0 Å². The fourth-order valence-electron chi connectivity index (χ4n) is 4.84. The lowest BCUT2D eigenvalue weighted by Gasteiger charge is -2.32. The van der Waals surface area contributed by atoms with Gasteiger partial charge in [-0.25, -0.2) is 0 Å². The average molecular weight is 436 g/mol. The molecule has 0 radical (unpaired) electrons. The van der Waals surface area contributed by atoms with E-state index in [0.717, 1.165) is 57.7 Å². The highest BCUT2D eigenvalue weighted by Crippen LogP contribution is 2.20. The largest absolute Gasteiger partial charge is 0.490 e. The first-order chi connectivity index (χ1) is 15.7. The zero-order chi connectivity index (χ0) is 22.2. The van der Waals surface area contributed by atoms with Crippen LogP contribution >= 0.6 is 0 Å². The van der Waals surface area contributed by atoms with Crippen molar-refractivity contribution in [2.75, 3.05) is 46.3 Å². The summed E-state index contributed by atoms with van der Waals surface area (Å²) < 4.78 is 6.20. The molecule has 0 aliphatic carbocycles. The van der Waals surface area contributed by atoms with E-state index in [1.54, 1.807) is 0 Å². The van der Waals surface area contributed by atoms with E-state index in [9.17, 15) is 4.79 Å². The second-order valence-corrected chi connectivity index (χ2v) is 9.40. The SMILES string of the molecule is CN1CCCC(CNC(=O)c2ccc(OC3CCN(CCc4ccccc4)CC3)cc2)C1. The van der Waals surface area contributed by atoms with Gasteiger partial charge >= 0.3 is 0 Å². The molecule has 2 aromatic carbocycles. The number of amides is 1. The van der Waals surface area contributed by atoms with Crippen LogP contribution in [-0.4, -0.2) is 68.1 Å². The summed E-state index contributed by atoms with van der Waals surface area (Å²) in [4.78, 5) is 17.4. The predicted molar refractivity (Wildman–Crippen MR) is 129 cm³/mol. The number of hydrogen-bond donors (Lipinski definition) is 1. The number of benzene rings is 2. The van der Waals surface area contributed by atoms with Crippen molar-refractivity contribution >= 4 is 5.91 Å². The van der Waals surface area contributed by atoms with Crippen molar-refractivity contribution in [1.82, 2.24) is 15.1 Å². The van der Waals surface area contributed by atoms with Crippen molar-refractivity contribution in [2.24, 2.45) is 5.92 Å². The lowest BCUT2D eigenvalue weighted by molar-refractivity contribution is 0.0936. The number of piperidine rings is 2. The third kappa shape index (κ3) is 6.81. The summed E-state index contributed by atoms with van der Waals surface area (Å²) in [7, 11) is 2.15. The van der Waals surface area contributed by atoms with Gasteiger partial charge < -0.3 is 19.9 Å². The summed E-state index contributed by atoms with van der Waals surface area (Å²) >= 11 is 0. The predicted octanol–water partition coefficient (Wildman–Crippen LogP) is 3.84. The van der Waals surface area contributed by atoms with Gasteiger partial charge in [0.1, 0.15) is 11.9 Å². The minimum absolute atomic E-state index is 0.0106. The van der Waals surface area contributed by atoms with Gasteiger partial charge in [0.15, 0.2) is 0 Å². The number of hydrogen-bond acceptors (Lipinski definition) is 4. The number of nitrogens with one attached hydrogen (secondary N) is 1. The Morgan fingerprint density at radius 2 is 1.75 bits per heavy atom. The molecule has 4 rings (SSSR count). The minimum Gasteiger partial charge on any atom is -0.490 e. The van der Waals surface area contributed by atoms with Crippen molar-refractivity contribution in [3.05, 3.63) is 65.7 Å². The van der Waals surface area contributed by atoms with Crippen molar-refractivity contribution in [1.29, 1.82) is 0 Å². The molecule has 2 aliphatic heterocycles. The van der Waals surface area contributed by atoms with Crippen molar-refractivity contribution in [2.45, 2.75) is 38.2 Å². The van der Waals surface area contributed by atoms with Gasteiger partial charge in [-0.2, -0.15) is 0 Å². The van der Waals surface area contributed by atoms with Gasteiger partial charge in [-0.1, -0.05) is 30.3 Å². The zero-order valence-corrected chi connectivity index (χ0v) is 19.3. The van der Waals surface area contributed by atoms with Crippen LogP contribution in [0.5, 0.6) is 5.75 Å². The molecule has 1 atom stereocenters. The van der Waals surface area contributed by atoms with Crippen LogP contribution in [-0.2, 0) is 6.42 Å². The number of carbonyl (C=O) groups is 1. The van der Waals surface area contributed by atoms with Crippen molar-refractivity contribution in [3.8, 4) is 5.75 Å². The number of likely N-dealkylation sites (tertiary alicyclic amines) is 2. The van der Waals surface area contributed by atoms with E-state index in [1.807, 2.05) is 24.3 Å². The monoisotopic (exact) mass is 435 g/mol. The maximum Gasteiger partial charge on any atom is 0.251 e. The molecule has 2 fully saturated rings. The van der Waals surface area contributed by atoms with Gasteiger partial charge in [0.25, 0.3) is 5.91 Å². The molecule has 1 unspecified atom stereocenters. The normalized spacial score (nSPS) is 20.7. The minimum atomic E-state index is 0.0106. The Balaban J connectivity index is 1.16.